The van der Waals surface area contributed by atoms with Crippen molar-refractivity contribution in [3.05, 3.63) is 146 Å². The number of fused-ring (bicyclic) bond motifs is 11. The van der Waals surface area contributed by atoms with Gasteiger partial charge in [0.2, 0.25) is 0 Å². The van der Waals surface area contributed by atoms with Crippen LogP contribution >= 0.6 is 0 Å². The summed E-state index contributed by atoms with van der Waals surface area (Å²) in [5.41, 5.74) is 12.4. The highest BCUT2D eigenvalue weighted by atomic mass is 15.3. The second-order valence-electron chi connectivity index (χ2n) is 10.6. The molecule has 0 fully saturated rings. The zero-order chi connectivity index (χ0) is 26.2. The Morgan fingerprint density at radius 1 is 0.400 bits per heavy atom. The van der Waals surface area contributed by atoms with E-state index in [-0.39, 0.29) is 6.98 Å². The van der Waals surface area contributed by atoms with Crippen molar-refractivity contribution in [2.75, 3.05) is 9.62 Å². The van der Waals surface area contributed by atoms with Gasteiger partial charge in [-0.3, -0.25) is 0 Å². The third-order valence-corrected chi connectivity index (χ3v) is 8.51. The number of hydrogen-bond donors (Lipinski definition) is 0. The lowest BCUT2D eigenvalue weighted by atomic mass is 9.59. The van der Waals surface area contributed by atoms with Gasteiger partial charge in [-0.2, -0.15) is 0 Å². The van der Waals surface area contributed by atoms with Crippen LogP contribution in [0, 0.1) is 0 Å². The first-order chi connectivity index (χ1) is 19.9. The molecule has 0 radical (unpaired) electrons. The van der Waals surface area contributed by atoms with Crippen molar-refractivity contribution in [2.24, 2.45) is 0 Å². The van der Waals surface area contributed by atoms with Crippen LogP contribution < -0.4 is 15.1 Å². The molecule has 9 rings (SSSR count). The maximum atomic E-state index is 2.53. The molecule has 6 aromatic carbocycles. The second-order valence-corrected chi connectivity index (χ2v) is 10.6. The molecule has 186 valence electrons. The monoisotopic (exact) mass is 509 g/mol. The Labute approximate surface area is 233 Å². The molecule has 3 nitrogen and oxygen atoms in total. The number of hydrogen-bond acceptors (Lipinski definition) is 2. The first-order valence-corrected chi connectivity index (χ1v) is 13.8. The summed E-state index contributed by atoms with van der Waals surface area (Å²) in [6.45, 7) is -0.00339. The van der Waals surface area contributed by atoms with Gasteiger partial charge in [-0.1, -0.05) is 84.9 Å². The Balaban J connectivity index is 1.42. The van der Waals surface area contributed by atoms with E-state index >= 15 is 0 Å². The molecule has 4 heteroatoms. The van der Waals surface area contributed by atoms with Gasteiger partial charge in [0.05, 0.1) is 22.4 Å². The average Bonchev–Trinajstić information content (AvgIpc) is 3.54. The second kappa shape index (κ2) is 8.14. The van der Waals surface area contributed by atoms with Crippen LogP contribution in [-0.2, 0) is 0 Å². The minimum absolute atomic E-state index is 0.00339. The van der Waals surface area contributed by atoms with Crippen LogP contribution in [-0.4, -0.2) is 11.5 Å². The third-order valence-electron chi connectivity index (χ3n) is 8.51. The van der Waals surface area contributed by atoms with E-state index in [4.69, 9.17) is 0 Å². The smallest absolute Gasteiger partial charge is 0.360 e. The molecule has 2 aliphatic heterocycles. The minimum Gasteiger partial charge on any atom is -0.360 e. The molecule has 0 unspecified atom stereocenters. The predicted molar refractivity (Wildman–Crippen MR) is 169 cm³/mol. The van der Waals surface area contributed by atoms with E-state index in [1.807, 2.05) is 0 Å². The molecule has 0 saturated heterocycles. The van der Waals surface area contributed by atoms with Gasteiger partial charge < -0.3 is 14.2 Å². The summed E-state index contributed by atoms with van der Waals surface area (Å²) in [5, 5.41) is 2.56. The molecular formula is C36H24BN3. The molecule has 2 aliphatic rings. The van der Waals surface area contributed by atoms with E-state index in [9.17, 15) is 0 Å². The molecule has 7 aromatic rings. The Kier molecular flexibility index (Phi) is 4.41. The van der Waals surface area contributed by atoms with Crippen molar-refractivity contribution in [2.45, 2.75) is 0 Å². The molecule has 0 saturated carbocycles. The Morgan fingerprint density at radius 2 is 1.00 bits per heavy atom. The van der Waals surface area contributed by atoms with Crippen LogP contribution in [0.1, 0.15) is 0 Å². The number of para-hydroxylation sites is 6. The Morgan fingerprint density at radius 3 is 1.77 bits per heavy atom. The summed E-state index contributed by atoms with van der Waals surface area (Å²) in [6, 6.07) is 52.9. The van der Waals surface area contributed by atoms with Crippen molar-refractivity contribution in [3.8, 4) is 16.8 Å². The highest BCUT2D eigenvalue weighted by molar-refractivity contribution is 6.86. The SMILES string of the molecule is c1ccc(N2B3c4cc5c(cc4-c4ccccc4N3c3ccccc32)c2ccccc2n5-c2ccccc2)cc1. The Bertz CT molecular complexity index is 2060. The number of aromatic nitrogens is 1. The van der Waals surface area contributed by atoms with E-state index in [1.54, 1.807) is 0 Å². The lowest BCUT2D eigenvalue weighted by Gasteiger charge is -2.36. The highest BCUT2D eigenvalue weighted by Crippen LogP contribution is 2.51. The molecule has 1 aromatic heterocycles. The maximum Gasteiger partial charge on any atom is 0.421 e. The average molecular weight is 509 g/mol. The van der Waals surface area contributed by atoms with E-state index in [0.29, 0.717) is 0 Å². The fourth-order valence-corrected chi connectivity index (χ4v) is 6.90. The molecular weight excluding hydrogens is 485 g/mol. The zero-order valence-corrected chi connectivity index (χ0v) is 21.8. The van der Waals surface area contributed by atoms with Crippen LogP contribution in [0.15, 0.2) is 146 Å². The van der Waals surface area contributed by atoms with Crippen molar-refractivity contribution in [3.63, 3.8) is 0 Å². The molecule has 0 N–H and O–H groups in total. The molecule has 3 heterocycles. The summed E-state index contributed by atoms with van der Waals surface area (Å²) < 4.78 is 2.42. The number of rotatable bonds is 2. The zero-order valence-electron chi connectivity index (χ0n) is 21.8. The fraction of sp³-hybridized carbons (Fsp3) is 0. The van der Waals surface area contributed by atoms with Gasteiger partial charge in [-0.15, -0.1) is 0 Å². The molecule has 0 atom stereocenters. The summed E-state index contributed by atoms with van der Waals surface area (Å²) in [4.78, 5) is 5.03. The number of anilines is 4. The summed E-state index contributed by atoms with van der Waals surface area (Å²) >= 11 is 0. The molecule has 0 spiro atoms. The van der Waals surface area contributed by atoms with Crippen molar-refractivity contribution >= 4 is 57.0 Å². The predicted octanol–water partition coefficient (Wildman–Crippen LogP) is 8.45. The van der Waals surface area contributed by atoms with Crippen LogP contribution in [0.3, 0.4) is 0 Å². The fourth-order valence-electron chi connectivity index (χ4n) is 6.90. The first-order valence-electron chi connectivity index (χ1n) is 13.8. The maximum absolute atomic E-state index is 2.53. The summed E-state index contributed by atoms with van der Waals surface area (Å²) in [7, 11) is 0. The lowest BCUT2D eigenvalue weighted by Crippen LogP contribution is -2.55. The van der Waals surface area contributed by atoms with Gasteiger partial charge in [0.25, 0.3) is 0 Å². The van der Waals surface area contributed by atoms with Gasteiger partial charge in [0.15, 0.2) is 0 Å². The standard InChI is InChI=1S/C36H24BN3/c1-3-13-25(14-4-1)38-32-19-9-7-18-28(32)30-23-29-27-17-8-10-20-33(27)40-35-22-12-11-21-34(35)39(26-15-5-2-6-16-26)37(40)31(29)24-36(30)38/h1-24H. The topological polar surface area (TPSA) is 11.4 Å². The van der Waals surface area contributed by atoms with Gasteiger partial charge in [-0.25, -0.2) is 0 Å². The van der Waals surface area contributed by atoms with Crippen LogP contribution in [0.2, 0.25) is 0 Å². The van der Waals surface area contributed by atoms with Crippen LogP contribution in [0.25, 0.3) is 38.6 Å². The van der Waals surface area contributed by atoms with Gasteiger partial charge in [0, 0.05) is 33.4 Å². The van der Waals surface area contributed by atoms with Gasteiger partial charge in [-0.05, 0) is 71.7 Å². The van der Waals surface area contributed by atoms with Gasteiger partial charge >= 0.3 is 6.98 Å². The quantitative estimate of drug-likeness (QED) is 0.217. The largest absolute Gasteiger partial charge is 0.421 e. The highest BCUT2D eigenvalue weighted by Gasteiger charge is 2.48. The third kappa shape index (κ3) is 2.85. The van der Waals surface area contributed by atoms with Crippen molar-refractivity contribution < 1.29 is 0 Å². The van der Waals surface area contributed by atoms with Crippen molar-refractivity contribution in [1.29, 1.82) is 0 Å². The molecule has 0 bridgehead atoms. The van der Waals surface area contributed by atoms with Gasteiger partial charge in [0.1, 0.15) is 0 Å². The number of nitrogens with zero attached hydrogens (tertiary/aromatic N) is 3. The summed E-state index contributed by atoms with van der Waals surface area (Å²) in [5.74, 6) is 0. The van der Waals surface area contributed by atoms with E-state index in [2.05, 4.69) is 160 Å². The summed E-state index contributed by atoms with van der Waals surface area (Å²) in [6.07, 6.45) is 0. The van der Waals surface area contributed by atoms with Crippen molar-refractivity contribution in [1.82, 2.24) is 4.57 Å². The normalized spacial score (nSPS) is 13.3. The minimum atomic E-state index is -0.00339. The molecule has 0 aliphatic carbocycles. The first kappa shape index (κ1) is 21.7. The number of benzene rings is 6. The van der Waals surface area contributed by atoms with E-state index in [1.165, 1.54) is 66.8 Å². The van der Waals surface area contributed by atoms with Crippen LogP contribution in [0.4, 0.5) is 22.7 Å². The Hall–Kier alpha value is -5.22. The molecule has 0 amide bonds. The molecule has 40 heavy (non-hydrogen) atoms. The lowest BCUT2D eigenvalue weighted by molar-refractivity contribution is 1.18. The van der Waals surface area contributed by atoms with E-state index < -0.39 is 0 Å². The van der Waals surface area contributed by atoms with Crippen LogP contribution in [0.5, 0.6) is 0 Å². The van der Waals surface area contributed by atoms with E-state index in [0.717, 1.165) is 0 Å².